The summed E-state index contributed by atoms with van der Waals surface area (Å²) < 4.78 is 16.5. The normalized spacial score (nSPS) is 16.3. The Hall–Kier alpha value is -3.81. The minimum Gasteiger partial charge on any atom is -0.486 e. The van der Waals surface area contributed by atoms with E-state index < -0.39 is 0 Å². The highest BCUT2D eigenvalue weighted by Gasteiger charge is 2.30. The summed E-state index contributed by atoms with van der Waals surface area (Å²) in [6, 6.07) is 24.1. The molecule has 0 N–H and O–H groups in total. The fraction of sp³-hybridized carbons (Fsp3) is 0.333. The molecule has 0 aliphatic carbocycles. The van der Waals surface area contributed by atoms with Gasteiger partial charge in [0.2, 0.25) is 0 Å². The van der Waals surface area contributed by atoms with Gasteiger partial charge in [0.25, 0.3) is 0 Å². The smallest absolute Gasteiger partial charge is 0.337 e. The van der Waals surface area contributed by atoms with Gasteiger partial charge in [-0.15, -0.1) is 0 Å². The Labute approximate surface area is 247 Å². The minimum atomic E-state index is -0.349. The molecule has 0 radical (unpaired) electrons. The number of halogens is 1. The number of nitrogens with zero attached hydrogens (tertiary/aromatic N) is 3. The average molecular weight is 574 g/mol. The number of rotatable bonds is 11. The third-order valence-electron chi connectivity index (χ3n) is 7.32. The van der Waals surface area contributed by atoms with Crippen LogP contribution in [0.2, 0.25) is 0 Å². The fourth-order valence-electron chi connectivity index (χ4n) is 5.28. The van der Waals surface area contributed by atoms with E-state index in [0.29, 0.717) is 43.8 Å². The molecule has 8 heteroatoms. The third kappa shape index (κ3) is 7.10. The molecule has 0 spiro atoms. The molecule has 0 saturated carbocycles. The SMILES string of the molecule is CCCCC1=CN=C(Cl)N(CN(Cc2ccc(C(=O)OC)cc2)Cc2ccc3c(c2)OCCO3)C1c1ccccc1. The van der Waals surface area contributed by atoms with Gasteiger partial charge < -0.3 is 19.1 Å². The second kappa shape index (κ2) is 13.7. The maximum absolute atomic E-state index is 12.0. The fourth-order valence-corrected chi connectivity index (χ4v) is 5.48. The predicted molar refractivity (Wildman–Crippen MR) is 161 cm³/mol. The van der Waals surface area contributed by atoms with Gasteiger partial charge >= 0.3 is 5.97 Å². The zero-order chi connectivity index (χ0) is 28.6. The molecule has 0 bridgehead atoms. The van der Waals surface area contributed by atoms with Crippen molar-refractivity contribution in [2.75, 3.05) is 27.0 Å². The number of amidine groups is 1. The van der Waals surface area contributed by atoms with Crippen molar-refractivity contribution in [2.24, 2.45) is 4.99 Å². The van der Waals surface area contributed by atoms with Crippen LogP contribution in [0, 0.1) is 0 Å². The van der Waals surface area contributed by atoms with Gasteiger partial charge in [0.15, 0.2) is 16.8 Å². The molecule has 0 saturated heterocycles. The summed E-state index contributed by atoms with van der Waals surface area (Å²) in [5, 5.41) is 0.465. The summed E-state index contributed by atoms with van der Waals surface area (Å²) in [5.41, 5.74) is 5.13. The van der Waals surface area contributed by atoms with Gasteiger partial charge in [-0.2, -0.15) is 0 Å². The Morgan fingerprint density at radius 1 is 1.00 bits per heavy atom. The first kappa shape index (κ1) is 28.7. The molecule has 2 heterocycles. The number of benzene rings is 3. The summed E-state index contributed by atoms with van der Waals surface area (Å²) in [6.45, 7) is 5.12. The Morgan fingerprint density at radius 2 is 1.71 bits per heavy atom. The zero-order valence-corrected chi connectivity index (χ0v) is 24.3. The van der Waals surface area contributed by atoms with Crippen molar-refractivity contribution in [2.45, 2.75) is 45.3 Å². The van der Waals surface area contributed by atoms with Crippen LogP contribution in [-0.2, 0) is 17.8 Å². The number of fused-ring (bicyclic) bond motifs is 1. The minimum absolute atomic E-state index is 0.0165. The first-order chi connectivity index (χ1) is 20.1. The second-order valence-corrected chi connectivity index (χ2v) is 10.6. The molecule has 7 nitrogen and oxygen atoms in total. The van der Waals surface area contributed by atoms with Crippen molar-refractivity contribution in [1.82, 2.24) is 9.80 Å². The number of aliphatic imine (C=N–C) groups is 1. The number of hydrogen-bond donors (Lipinski definition) is 0. The molecule has 5 rings (SSSR count). The van der Waals surface area contributed by atoms with Crippen molar-refractivity contribution in [1.29, 1.82) is 0 Å². The van der Waals surface area contributed by atoms with E-state index in [4.69, 9.17) is 25.8 Å². The molecule has 0 aromatic heterocycles. The van der Waals surface area contributed by atoms with E-state index in [0.717, 1.165) is 41.9 Å². The monoisotopic (exact) mass is 573 g/mol. The first-order valence-electron chi connectivity index (χ1n) is 14.1. The Morgan fingerprint density at radius 3 is 2.44 bits per heavy atom. The van der Waals surface area contributed by atoms with E-state index in [1.807, 2.05) is 30.5 Å². The van der Waals surface area contributed by atoms with E-state index in [-0.39, 0.29) is 12.0 Å². The van der Waals surface area contributed by atoms with Crippen molar-refractivity contribution >= 4 is 22.9 Å². The van der Waals surface area contributed by atoms with Crippen LogP contribution >= 0.6 is 11.6 Å². The van der Waals surface area contributed by atoms with E-state index in [2.05, 4.69) is 58.1 Å². The number of carbonyl (C=O) groups is 1. The van der Waals surface area contributed by atoms with Gasteiger partial charge in [-0.1, -0.05) is 61.9 Å². The highest BCUT2D eigenvalue weighted by atomic mass is 35.5. The summed E-state index contributed by atoms with van der Waals surface area (Å²) in [5.74, 6) is 1.18. The molecule has 1 unspecified atom stereocenters. The zero-order valence-electron chi connectivity index (χ0n) is 23.6. The van der Waals surface area contributed by atoms with Gasteiger partial charge in [0, 0.05) is 19.3 Å². The quantitative estimate of drug-likeness (QED) is 0.183. The van der Waals surface area contributed by atoms with Crippen LogP contribution in [0.4, 0.5) is 0 Å². The molecule has 214 valence electrons. The van der Waals surface area contributed by atoms with Gasteiger partial charge in [0.1, 0.15) is 13.2 Å². The molecule has 1 atom stereocenters. The highest BCUT2D eigenvalue weighted by Crippen LogP contribution is 2.36. The topological polar surface area (TPSA) is 63.6 Å². The molecule has 41 heavy (non-hydrogen) atoms. The Bertz CT molecular complexity index is 1390. The molecular formula is C33H36ClN3O4. The lowest BCUT2D eigenvalue weighted by Crippen LogP contribution is -2.43. The number of carbonyl (C=O) groups excluding carboxylic acids is 1. The van der Waals surface area contributed by atoms with Crippen LogP contribution in [0.3, 0.4) is 0 Å². The third-order valence-corrected chi connectivity index (χ3v) is 7.63. The van der Waals surface area contributed by atoms with Crippen LogP contribution < -0.4 is 9.47 Å². The van der Waals surface area contributed by atoms with Gasteiger partial charge in [-0.3, -0.25) is 4.90 Å². The number of ether oxygens (including phenoxy) is 3. The molecule has 2 aliphatic heterocycles. The van der Waals surface area contributed by atoms with E-state index in [1.165, 1.54) is 18.2 Å². The summed E-state index contributed by atoms with van der Waals surface area (Å²) in [4.78, 5) is 21.1. The molecule has 0 fully saturated rings. The largest absolute Gasteiger partial charge is 0.486 e. The number of hydrogen-bond acceptors (Lipinski definition) is 7. The first-order valence-corrected chi connectivity index (χ1v) is 14.5. The van der Waals surface area contributed by atoms with Gasteiger partial charge in [0.05, 0.1) is 25.4 Å². The van der Waals surface area contributed by atoms with Gasteiger partial charge in [-0.05, 0) is 71.0 Å². The lowest BCUT2D eigenvalue weighted by Gasteiger charge is -2.39. The van der Waals surface area contributed by atoms with Crippen LogP contribution in [0.15, 0.2) is 89.6 Å². The summed E-state index contributed by atoms with van der Waals surface area (Å²) in [7, 11) is 1.39. The van der Waals surface area contributed by atoms with Crippen molar-refractivity contribution in [3.63, 3.8) is 0 Å². The van der Waals surface area contributed by atoms with Crippen LogP contribution in [0.1, 0.15) is 59.3 Å². The van der Waals surface area contributed by atoms with Crippen molar-refractivity contribution in [3.05, 3.63) is 107 Å². The van der Waals surface area contributed by atoms with Crippen LogP contribution in [0.5, 0.6) is 11.5 Å². The molecular weight excluding hydrogens is 538 g/mol. The maximum Gasteiger partial charge on any atom is 0.337 e. The number of unbranched alkanes of at least 4 members (excludes halogenated alkanes) is 1. The highest BCUT2D eigenvalue weighted by molar-refractivity contribution is 6.64. The van der Waals surface area contributed by atoms with E-state index in [9.17, 15) is 4.79 Å². The Kier molecular flexibility index (Phi) is 9.59. The van der Waals surface area contributed by atoms with Crippen LogP contribution in [0.25, 0.3) is 0 Å². The standard InChI is InChI=1S/C33H36ClN3O4/c1-3-4-8-28-20-35-33(34)37(31(28)26-9-6-5-7-10-26)23-36(21-24-11-14-27(15-12-24)32(38)39-2)22-25-13-16-29-30(19-25)41-18-17-40-29/h5-7,9-16,19-20,31H,3-4,8,17-18,21-23H2,1-2H3. The molecule has 3 aromatic rings. The molecule has 0 amide bonds. The molecule has 3 aromatic carbocycles. The second-order valence-electron chi connectivity index (χ2n) is 10.3. The average Bonchev–Trinajstić information content (AvgIpc) is 3.01. The summed E-state index contributed by atoms with van der Waals surface area (Å²) >= 11 is 6.86. The number of esters is 1. The predicted octanol–water partition coefficient (Wildman–Crippen LogP) is 6.93. The summed E-state index contributed by atoms with van der Waals surface area (Å²) in [6.07, 6.45) is 5.10. The lowest BCUT2D eigenvalue weighted by molar-refractivity contribution is 0.0600. The maximum atomic E-state index is 12.0. The van der Waals surface area contributed by atoms with Gasteiger partial charge in [-0.25, -0.2) is 9.79 Å². The van der Waals surface area contributed by atoms with E-state index >= 15 is 0 Å². The van der Waals surface area contributed by atoms with Crippen LogP contribution in [-0.4, -0.2) is 48.1 Å². The lowest BCUT2D eigenvalue weighted by atomic mass is 9.93. The van der Waals surface area contributed by atoms with Crippen molar-refractivity contribution < 1.29 is 19.0 Å². The Balaban J connectivity index is 1.45. The molecule has 2 aliphatic rings. The van der Waals surface area contributed by atoms with E-state index in [1.54, 1.807) is 12.1 Å². The number of methoxy groups -OCH3 is 1. The van der Waals surface area contributed by atoms with Crippen molar-refractivity contribution in [3.8, 4) is 11.5 Å².